The topological polar surface area (TPSA) is 111 Å². The molecule has 0 aliphatic carbocycles. The van der Waals surface area contributed by atoms with Crippen LogP contribution in [0.3, 0.4) is 0 Å². The lowest BCUT2D eigenvalue weighted by molar-refractivity contribution is 0.0599. The van der Waals surface area contributed by atoms with E-state index in [1.165, 1.54) is 44.6 Å². The first-order valence-electron chi connectivity index (χ1n) is 8.57. The highest BCUT2D eigenvalue weighted by Gasteiger charge is 2.22. The summed E-state index contributed by atoms with van der Waals surface area (Å²) in [5.74, 6) is -0.842. The maximum absolute atomic E-state index is 12.9. The van der Waals surface area contributed by atoms with Crippen molar-refractivity contribution < 1.29 is 32.2 Å². The molecule has 0 bridgehead atoms. The van der Waals surface area contributed by atoms with Crippen molar-refractivity contribution in [1.29, 1.82) is 0 Å². The van der Waals surface area contributed by atoms with Crippen molar-refractivity contribution in [2.24, 2.45) is 0 Å². The van der Waals surface area contributed by atoms with Gasteiger partial charge in [-0.05, 0) is 36.4 Å². The van der Waals surface area contributed by atoms with Crippen LogP contribution in [0.15, 0.2) is 41.3 Å². The zero-order chi connectivity index (χ0) is 21.2. The standard InChI is InChI=1S/C19H20N2O7S/c1-21-6-7-28-17-5-4-15(11-16(17)21)29(24,25)20-14-9-12(18(22)26-2)8-13(10-14)19(23)27-3/h4-5,8-11,20H,6-7H2,1-3H3. The second-order valence-electron chi connectivity index (χ2n) is 6.29. The third kappa shape index (κ3) is 4.27. The van der Waals surface area contributed by atoms with Crippen molar-refractivity contribution in [2.45, 2.75) is 4.90 Å². The Morgan fingerprint density at radius 2 is 1.66 bits per heavy atom. The fraction of sp³-hybridized carbons (Fsp3) is 0.263. The number of methoxy groups -OCH3 is 2. The van der Waals surface area contributed by atoms with Gasteiger partial charge in [0.15, 0.2) is 0 Å². The van der Waals surface area contributed by atoms with E-state index in [1.54, 1.807) is 6.07 Å². The molecule has 1 aliphatic heterocycles. The van der Waals surface area contributed by atoms with Gasteiger partial charge in [0.2, 0.25) is 0 Å². The molecule has 2 aromatic rings. The van der Waals surface area contributed by atoms with E-state index in [0.717, 1.165) is 0 Å². The Balaban J connectivity index is 1.99. The number of carbonyl (C=O) groups is 2. The van der Waals surface area contributed by atoms with Crippen LogP contribution in [0.25, 0.3) is 0 Å². The van der Waals surface area contributed by atoms with Crippen molar-refractivity contribution in [1.82, 2.24) is 0 Å². The number of esters is 2. The molecule has 0 radical (unpaired) electrons. The Labute approximate surface area is 168 Å². The third-order valence-electron chi connectivity index (χ3n) is 4.36. The average Bonchev–Trinajstić information content (AvgIpc) is 2.72. The van der Waals surface area contributed by atoms with Gasteiger partial charge in [-0.15, -0.1) is 0 Å². The number of hydrogen-bond donors (Lipinski definition) is 1. The van der Waals surface area contributed by atoms with E-state index >= 15 is 0 Å². The Morgan fingerprint density at radius 3 is 2.24 bits per heavy atom. The van der Waals surface area contributed by atoms with Gasteiger partial charge in [0.1, 0.15) is 12.4 Å². The van der Waals surface area contributed by atoms with Crippen LogP contribution >= 0.6 is 0 Å². The summed E-state index contributed by atoms with van der Waals surface area (Å²) in [6.45, 7) is 1.15. The van der Waals surface area contributed by atoms with Crippen LogP contribution < -0.4 is 14.4 Å². The molecular formula is C19H20N2O7S. The number of nitrogens with zero attached hydrogens (tertiary/aromatic N) is 1. The van der Waals surface area contributed by atoms with Crippen LogP contribution in [0.5, 0.6) is 5.75 Å². The van der Waals surface area contributed by atoms with E-state index in [0.29, 0.717) is 24.6 Å². The van der Waals surface area contributed by atoms with Crippen molar-refractivity contribution >= 4 is 33.3 Å². The number of sulfonamides is 1. The zero-order valence-corrected chi connectivity index (χ0v) is 16.9. The van der Waals surface area contributed by atoms with Crippen molar-refractivity contribution in [3.8, 4) is 5.75 Å². The van der Waals surface area contributed by atoms with Gasteiger partial charge in [0.25, 0.3) is 10.0 Å². The summed E-state index contributed by atoms with van der Waals surface area (Å²) in [4.78, 5) is 25.7. The van der Waals surface area contributed by atoms with Gasteiger partial charge >= 0.3 is 11.9 Å². The normalized spacial score (nSPS) is 13.1. The summed E-state index contributed by atoms with van der Waals surface area (Å²) in [5.41, 5.74) is 0.687. The van der Waals surface area contributed by atoms with Gasteiger partial charge in [-0.1, -0.05) is 0 Å². The van der Waals surface area contributed by atoms with Gasteiger partial charge in [0, 0.05) is 7.05 Å². The summed E-state index contributed by atoms with van der Waals surface area (Å²) in [5, 5.41) is 0. The number of hydrogen-bond acceptors (Lipinski definition) is 8. The van der Waals surface area contributed by atoms with Crippen LogP contribution in [-0.4, -0.2) is 54.8 Å². The monoisotopic (exact) mass is 420 g/mol. The summed E-state index contributed by atoms with van der Waals surface area (Å²) < 4.78 is 43.0. The minimum absolute atomic E-state index is 0.00618. The van der Waals surface area contributed by atoms with Gasteiger partial charge in [-0.3, -0.25) is 4.72 Å². The number of anilines is 2. The number of fused-ring (bicyclic) bond motifs is 1. The smallest absolute Gasteiger partial charge is 0.337 e. The molecule has 0 spiro atoms. The fourth-order valence-electron chi connectivity index (χ4n) is 2.87. The first-order chi connectivity index (χ1) is 13.7. The third-order valence-corrected chi connectivity index (χ3v) is 5.74. The molecule has 0 saturated carbocycles. The van der Waals surface area contributed by atoms with Gasteiger partial charge in [-0.25, -0.2) is 18.0 Å². The first kappa shape index (κ1) is 20.5. The fourth-order valence-corrected chi connectivity index (χ4v) is 3.93. The molecule has 0 amide bonds. The van der Waals surface area contributed by atoms with Crippen LogP contribution in [-0.2, 0) is 19.5 Å². The van der Waals surface area contributed by atoms with Crippen molar-refractivity contribution in [3.05, 3.63) is 47.5 Å². The molecule has 0 aromatic heterocycles. The Kier molecular flexibility index (Phi) is 5.64. The van der Waals surface area contributed by atoms with Crippen LogP contribution in [0.1, 0.15) is 20.7 Å². The quantitative estimate of drug-likeness (QED) is 0.730. The summed E-state index contributed by atoms with van der Waals surface area (Å²) in [7, 11) is 0.202. The highest BCUT2D eigenvalue weighted by molar-refractivity contribution is 7.92. The first-order valence-corrected chi connectivity index (χ1v) is 10.1. The Hall–Kier alpha value is -3.27. The second-order valence-corrected chi connectivity index (χ2v) is 7.97. The molecule has 0 fully saturated rings. The van der Waals surface area contributed by atoms with Crippen LogP contribution in [0.4, 0.5) is 11.4 Å². The Morgan fingerprint density at radius 1 is 1.03 bits per heavy atom. The molecule has 154 valence electrons. The minimum atomic E-state index is -4.01. The zero-order valence-electron chi connectivity index (χ0n) is 16.1. The van der Waals surface area contributed by atoms with E-state index in [4.69, 9.17) is 4.74 Å². The van der Waals surface area contributed by atoms with E-state index in [-0.39, 0.29) is 21.7 Å². The maximum atomic E-state index is 12.9. The van der Waals surface area contributed by atoms with Crippen molar-refractivity contribution in [2.75, 3.05) is 44.0 Å². The van der Waals surface area contributed by atoms with Gasteiger partial charge in [-0.2, -0.15) is 0 Å². The lowest BCUT2D eigenvalue weighted by Gasteiger charge is -2.28. The molecule has 29 heavy (non-hydrogen) atoms. The van der Waals surface area contributed by atoms with Gasteiger partial charge in [0.05, 0.1) is 48.2 Å². The highest BCUT2D eigenvalue weighted by Crippen LogP contribution is 2.33. The van der Waals surface area contributed by atoms with Crippen molar-refractivity contribution in [3.63, 3.8) is 0 Å². The number of rotatable bonds is 5. The molecule has 9 nitrogen and oxygen atoms in total. The number of likely N-dealkylation sites (N-methyl/N-ethyl adjacent to an activating group) is 1. The largest absolute Gasteiger partial charge is 0.490 e. The summed E-state index contributed by atoms with van der Waals surface area (Å²) >= 11 is 0. The number of nitrogens with one attached hydrogen (secondary N) is 1. The predicted octanol–water partition coefficient (Wildman–Crippen LogP) is 1.89. The lowest BCUT2D eigenvalue weighted by Crippen LogP contribution is -2.29. The number of ether oxygens (including phenoxy) is 3. The average molecular weight is 420 g/mol. The van der Waals surface area contributed by atoms with E-state index in [2.05, 4.69) is 14.2 Å². The number of benzene rings is 2. The molecule has 2 aromatic carbocycles. The lowest BCUT2D eigenvalue weighted by atomic mass is 10.1. The Bertz CT molecular complexity index is 1030. The SMILES string of the molecule is COC(=O)c1cc(NS(=O)(=O)c2ccc3c(c2)N(C)CCO3)cc(C(=O)OC)c1. The van der Waals surface area contributed by atoms with Crippen LogP contribution in [0, 0.1) is 0 Å². The molecule has 1 heterocycles. The summed E-state index contributed by atoms with van der Waals surface area (Å²) in [6.07, 6.45) is 0. The molecule has 0 unspecified atom stereocenters. The molecule has 0 atom stereocenters. The highest BCUT2D eigenvalue weighted by atomic mass is 32.2. The van der Waals surface area contributed by atoms with E-state index < -0.39 is 22.0 Å². The second kappa shape index (κ2) is 8.00. The van der Waals surface area contributed by atoms with E-state index in [1.807, 2.05) is 11.9 Å². The van der Waals surface area contributed by atoms with Gasteiger partial charge < -0.3 is 19.1 Å². The minimum Gasteiger partial charge on any atom is -0.490 e. The maximum Gasteiger partial charge on any atom is 0.337 e. The molecule has 10 heteroatoms. The number of carbonyl (C=O) groups excluding carboxylic acids is 2. The molecule has 3 rings (SSSR count). The molecule has 0 saturated heterocycles. The molecule has 1 N–H and O–H groups in total. The molecular weight excluding hydrogens is 400 g/mol. The molecule has 1 aliphatic rings. The summed E-state index contributed by atoms with van der Waals surface area (Å²) in [6, 6.07) is 8.34. The van der Waals surface area contributed by atoms with E-state index in [9.17, 15) is 18.0 Å². The predicted molar refractivity (Wildman–Crippen MR) is 105 cm³/mol. The van der Waals surface area contributed by atoms with Crippen LogP contribution in [0.2, 0.25) is 0 Å².